The summed E-state index contributed by atoms with van der Waals surface area (Å²) in [5, 5.41) is 0. The molecule has 0 saturated carbocycles. The summed E-state index contributed by atoms with van der Waals surface area (Å²) in [5.74, 6) is -1.36. The van der Waals surface area contributed by atoms with Gasteiger partial charge in [0.05, 0.1) is 5.92 Å². The molecule has 0 heterocycles. The molecule has 0 aromatic carbocycles. The smallest absolute Gasteiger partial charge is 0.170 e. The standard InChI is InChI=1S/C5H6BrF3/c1-4(2-3-6)5(7,8)9/h2-4H,1H3. The normalized spacial score (nSPS) is 16.6. The fourth-order valence-electron chi connectivity index (χ4n) is 0.218. The van der Waals surface area contributed by atoms with E-state index in [1.54, 1.807) is 0 Å². The van der Waals surface area contributed by atoms with Crippen LogP contribution in [0.25, 0.3) is 0 Å². The van der Waals surface area contributed by atoms with Gasteiger partial charge in [0.1, 0.15) is 0 Å². The second-order valence-corrected chi connectivity index (χ2v) is 2.18. The molecular weight excluding hydrogens is 197 g/mol. The predicted octanol–water partition coefficient (Wildman–Crippen LogP) is 3.09. The third-order valence-corrected chi connectivity index (χ3v) is 1.18. The van der Waals surface area contributed by atoms with E-state index in [9.17, 15) is 13.2 Å². The first-order valence-corrected chi connectivity index (χ1v) is 3.23. The lowest BCUT2D eigenvalue weighted by molar-refractivity contribution is -0.156. The highest BCUT2D eigenvalue weighted by molar-refractivity contribution is 9.11. The van der Waals surface area contributed by atoms with Crippen LogP contribution in [-0.2, 0) is 0 Å². The highest BCUT2D eigenvalue weighted by atomic mass is 79.9. The predicted molar refractivity (Wildman–Crippen MR) is 33.3 cm³/mol. The van der Waals surface area contributed by atoms with Crippen molar-refractivity contribution < 1.29 is 13.2 Å². The van der Waals surface area contributed by atoms with E-state index < -0.39 is 12.1 Å². The van der Waals surface area contributed by atoms with E-state index in [1.165, 1.54) is 4.99 Å². The molecule has 0 rings (SSSR count). The first-order valence-electron chi connectivity index (χ1n) is 2.32. The maximum Gasteiger partial charge on any atom is 0.394 e. The lowest BCUT2D eigenvalue weighted by Gasteiger charge is -2.09. The summed E-state index contributed by atoms with van der Waals surface area (Å²) >= 11 is 2.76. The highest BCUT2D eigenvalue weighted by Crippen LogP contribution is 2.26. The number of hydrogen-bond donors (Lipinski definition) is 0. The van der Waals surface area contributed by atoms with Crippen molar-refractivity contribution in [1.82, 2.24) is 0 Å². The molecule has 0 aromatic rings. The SMILES string of the molecule is CC(C=CBr)C(F)(F)F. The van der Waals surface area contributed by atoms with Crippen LogP contribution in [0.1, 0.15) is 6.92 Å². The first kappa shape index (κ1) is 9.01. The molecule has 0 fully saturated rings. The van der Waals surface area contributed by atoms with Gasteiger partial charge in [-0.15, -0.1) is 0 Å². The summed E-state index contributed by atoms with van der Waals surface area (Å²) in [7, 11) is 0. The van der Waals surface area contributed by atoms with E-state index in [2.05, 4.69) is 15.9 Å². The number of halogens is 4. The molecule has 0 nitrogen and oxygen atoms in total. The Bertz CT molecular complexity index is 105. The number of alkyl halides is 3. The molecule has 0 amide bonds. The van der Waals surface area contributed by atoms with Crippen LogP contribution in [0.5, 0.6) is 0 Å². The average molecular weight is 203 g/mol. The first-order chi connectivity index (χ1) is 3.98. The molecule has 0 saturated heterocycles. The van der Waals surface area contributed by atoms with Crippen LogP contribution < -0.4 is 0 Å². The van der Waals surface area contributed by atoms with E-state index in [-0.39, 0.29) is 0 Å². The topological polar surface area (TPSA) is 0 Å². The van der Waals surface area contributed by atoms with Gasteiger partial charge in [-0.1, -0.05) is 28.9 Å². The van der Waals surface area contributed by atoms with Gasteiger partial charge in [0.15, 0.2) is 0 Å². The maximum absolute atomic E-state index is 11.6. The molecule has 1 unspecified atom stereocenters. The highest BCUT2D eigenvalue weighted by Gasteiger charge is 2.33. The largest absolute Gasteiger partial charge is 0.394 e. The molecule has 0 spiro atoms. The van der Waals surface area contributed by atoms with Crippen LogP contribution in [0.3, 0.4) is 0 Å². The molecule has 0 bridgehead atoms. The van der Waals surface area contributed by atoms with Crippen LogP contribution in [0.15, 0.2) is 11.1 Å². The average Bonchev–Trinajstić information content (AvgIpc) is 1.64. The summed E-state index contributed by atoms with van der Waals surface area (Å²) < 4.78 is 34.7. The quantitative estimate of drug-likeness (QED) is 0.614. The fourth-order valence-corrected chi connectivity index (χ4v) is 0.676. The lowest BCUT2D eigenvalue weighted by Crippen LogP contribution is -2.16. The fraction of sp³-hybridized carbons (Fsp3) is 0.600. The molecule has 0 N–H and O–H groups in total. The summed E-state index contributed by atoms with van der Waals surface area (Å²) in [4.78, 5) is 1.21. The number of hydrogen-bond acceptors (Lipinski definition) is 0. The maximum atomic E-state index is 11.6. The molecule has 0 aliphatic heterocycles. The van der Waals surface area contributed by atoms with Gasteiger partial charge in [0.25, 0.3) is 0 Å². The Hall–Kier alpha value is 0.01000. The van der Waals surface area contributed by atoms with Crippen molar-refractivity contribution in [3.8, 4) is 0 Å². The summed E-state index contributed by atoms with van der Waals surface area (Å²) in [6.07, 6.45) is -3.07. The van der Waals surface area contributed by atoms with Crippen molar-refractivity contribution >= 4 is 15.9 Å². The van der Waals surface area contributed by atoms with E-state index >= 15 is 0 Å². The Balaban J connectivity index is 3.88. The summed E-state index contributed by atoms with van der Waals surface area (Å²) in [6.45, 7) is 1.10. The zero-order chi connectivity index (χ0) is 7.49. The lowest BCUT2D eigenvalue weighted by atomic mass is 10.2. The van der Waals surface area contributed by atoms with Crippen molar-refractivity contribution in [1.29, 1.82) is 0 Å². The van der Waals surface area contributed by atoms with E-state index in [4.69, 9.17) is 0 Å². The third kappa shape index (κ3) is 3.56. The Morgan fingerprint density at radius 1 is 1.44 bits per heavy atom. The van der Waals surface area contributed by atoms with Gasteiger partial charge in [0, 0.05) is 0 Å². The third-order valence-electron chi connectivity index (χ3n) is 0.878. The van der Waals surface area contributed by atoms with Gasteiger partial charge < -0.3 is 0 Å². The molecule has 0 aromatic heterocycles. The minimum absolute atomic E-state index is 1.04. The summed E-state index contributed by atoms with van der Waals surface area (Å²) in [6, 6.07) is 0. The van der Waals surface area contributed by atoms with Crippen LogP contribution in [-0.4, -0.2) is 6.18 Å². The van der Waals surface area contributed by atoms with Gasteiger partial charge in [-0.05, 0) is 4.99 Å². The molecule has 0 aliphatic carbocycles. The van der Waals surface area contributed by atoms with Crippen molar-refractivity contribution in [3.63, 3.8) is 0 Å². The second-order valence-electron chi connectivity index (χ2n) is 1.65. The monoisotopic (exact) mass is 202 g/mol. The van der Waals surface area contributed by atoms with Crippen molar-refractivity contribution in [2.45, 2.75) is 13.1 Å². The van der Waals surface area contributed by atoms with Gasteiger partial charge in [-0.3, -0.25) is 0 Å². The van der Waals surface area contributed by atoms with Gasteiger partial charge in [0.2, 0.25) is 0 Å². The van der Waals surface area contributed by atoms with Crippen LogP contribution in [0, 0.1) is 5.92 Å². The van der Waals surface area contributed by atoms with Crippen LogP contribution in [0.4, 0.5) is 13.2 Å². The molecular formula is C5H6BrF3. The number of rotatable bonds is 1. The zero-order valence-corrected chi connectivity index (χ0v) is 6.33. The van der Waals surface area contributed by atoms with Gasteiger partial charge in [-0.2, -0.15) is 13.2 Å². The van der Waals surface area contributed by atoms with E-state index in [0.717, 1.165) is 13.0 Å². The molecule has 54 valence electrons. The van der Waals surface area contributed by atoms with Gasteiger partial charge >= 0.3 is 6.18 Å². The Morgan fingerprint density at radius 3 is 2.00 bits per heavy atom. The van der Waals surface area contributed by atoms with Crippen LogP contribution >= 0.6 is 15.9 Å². The summed E-state index contributed by atoms with van der Waals surface area (Å²) in [5.41, 5.74) is 0. The van der Waals surface area contributed by atoms with E-state index in [1.807, 2.05) is 0 Å². The minimum Gasteiger partial charge on any atom is -0.170 e. The number of allylic oxidation sites excluding steroid dienone is 1. The molecule has 0 radical (unpaired) electrons. The zero-order valence-electron chi connectivity index (χ0n) is 4.74. The van der Waals surface area contributed by atoms with Crippen LogP contribution in [0.2, 0.25) is 0 Å². The van der Waals surface area contributed by atoms with Crippen molar-refractivity contribution in [2.24, 2.45) is 5.92 Å². The molecule has 1 atom stereocenters. The minimum atomic E-state index is -4.11. The van der Waals surface area contributed by atoms with Crippen molar-refractivity contribution in [3.05, 3.63) is 11.1 Å². The van der Waals surface area contributed by atoms with Gasteiger partial charge in [-0.25, -0.2) is 0 Å². The Labute approximate surface area is 59.9 Å². The Kier molecular flexibility index (Phi) is 3.25. The van der Waals surface area contributed by atoms with E-state index in [0.29, 0.717) is 0 Å². The van der Waals surface area contributed by atoms with Crippen molar-refractivity contribution in [2.75, 3.05) is 0 Å². The molecule has 9 heavy (non-hydrogen) atoms. The molecule has 4 heteroatoms. The second kappa shape index (κ2) is 3.25. The molecule has 0 aliphatic rings. The Morgan fingerprint density at radius 2 is 1.89 bits per heavy atom.